The number of nitrogens with zero attached hydrogens (tertiary/aromatic N) is 1. The van der Waals surface area contributed by atoms with E-state index in [1.54, 1.807) is 12.1 Å². The molecule has 0 aliphatic carbocycles. The topological polar surface area (TPSA) is 41.6 Å². The van der Waals surface area contributed by atoms with Gasteiger partial charge in [-0.05, 0) is 75.5 Å². The van der Waals surface area contributed by atoms with Gasteiger partial charge in [-0.1, -0.05) is 13.8 Å². The lowest BCUT2D eigenvalue weighted by molar-refractivity contribution is -0.128. The molecule has 1 aromatic carbocycles. The minimum Gasteiger partial charge on any atom is -0.481 e. The predicted octanol–water partition coefficient (Wildman–Crippen LogP) is 3.22. The summed E-state index contributed by atoms with van der Waals surface area (Å²) in [6, 6.07) is 5.75. The van der Waals surface area contributed by atoms with Crippen molar-refractivity contribution in [1.82, 2.24) is 10.2 Å². The molecule has 0 aromatic heterocycles. The van der Waals surface area contributed by atoms with Crippen molar-refractivity contribution >= 4 is 5.91 Å². The summed E-state index contributed by atoms with van der Waals surface area (Å²) in [7, 11) is 0. The molecule has 2 rings (SSSR count). The first-order valence-electron chi connectivity index (χ1n) is 9.00. The summed E-state index contributed by atoms with van der Waals surface area (Å²) in [5.41, 5.74) is 0. The second-order valence-electron chi connectivity index (χ2n) is 6.64. The number of ether oxygens (including phenoxy) is 1. The average molecular weight is 336 g/mol. The van der Waals surface area contributed by atoms with Crippen LogP contribution in [0.4, 0.5) is 4.39 Å². The van der Waals surface area contributed by atoms with Crippen LogP contribution in [0.5, 0.6) is 5.75 Å². The van der Waals surface area contributed by atoms with Crippen LogP contribution >= 0.6 is 0 Å². The number of halogens is 1. The number of carbonyl (C=O) groups excluding carboxylic acids is 1. The number of piperidine rings is 1. The van der Waals surface area contributed by atoms with E-state index in [4.69, 9.17) is 4.74 Å². The van der Waals surface area contributed by atoms with Crippen LogP contribution in [0.25, 0.3) is 0 Å². The molecule has 1 atom stereocenters. The van der Waals surface area contributed by atoms with Crippen LogP contribution < -0.4 is 10.1 Å². The van der Waals surface area contributed by atoms with Gasteiger partial charge in [-0.25, -0.2) is 4.39 Å². The van der Waals surface area contributed by atoms with E-state index in [1.807, 2.05) is 6.92 Å². The third kappa shape index (κ3) is 6.11. The SMILES string of the molecule is CCC(Oc1ccc(F)cc1)C(=O)NCCCN1CCC(C)CC1. The van der Waals surface area contributed by atoms with Crippen molar-refractivity contribution in [1.29, 1.82) is 0 Å². The lowest BCUT2D eigenvalue weighted by atomic mass is 9.99. The van der Waals surface area contributed by atoms with Gasteiger partial charge < -0.3 is 15.0 Å². The second kappa shape index (κ2) is 9.62. The molecule has 1 aliphatic rings. The van der Waals surface area contributed by atoms with E-state index in [0.29, 0.717) is 18.7 Å². The molecule has 1 aliphatic heterocycles. The van der Waals surface area contributed by atoms with Gasteiger partial charge in [0.2, 0.25) is 0 Å². The average Bonchev–Trinajstić information content (AvgIpc) is 2.59. The van der Waals surface area contributed by atoms with Crippen molar-refractivity contribution < 1.29 is 13.9 Å². The lowest BCUT2D eigenvalue weighted by Crippen LogP contribution is -2.40. The zero-order valence-electron chi connectivity index (χ0n) is 14.8. The Bertz CT molecular complexity index is 499. The normalized spacial score (nSPS) is 17.5. The van der Waals surface area contributed by atoms with Gasteiger partial charge in [-0.15, -0.1) is 0 Å². The molecule has 5 heteroatoms. The predicted molar refractivity (Wildman–Crippen MR) is 93.6 cm³/mol. The van der Waals surface area contributed by atoms with E-state index in [1.165, 1.54) is 38.1 Å². The molecule has 134 valence electrons. The number of hydrogen-bond donors (Lipinski definition) is 1. The van der Waals surface area contributed by atoms with Crippen molar-refractivity contribution in [2.24, 2.45) is 5.92 Å². The lowest BCUT2D eigenvalue weighted by Gasteiger charge is -2.30. The van der Waals surface area contributed by atoms with Crippen LogP contribution in [0.2, 0.25) is 0 Å². The van der Waals surface area contributed by atoms with Crippen molar-refractivity contribution in [3.63, 3.8) is 0 Å². The van der Waals surface area contributed by atoms with Crippen molar-refractivity contribution in [3.8, 4) is 5.75 Å². The molecule has 1 N–H and O–H groups in total. The molecule has 1 fully saturated rings. The summed E-state index contributed by atoms with van der Waals surface area (Å²) >= 11 is 0. The van der Waals surface area contributed by atoms with Gasteiger partial charge in [0.1, 0.15) is 11.6 Å². The van der Waals surface area contributed by atoms with Crippen LogP contribution in [0.3, 0.4) is 0 Å². The Morgan fingerprint density at radius 3 is 2.62 bits per heavy atom. The number of nitrogens with one attached hydrogen (secondary N) is 1. The zero-order chi connectivity index (χ0) is 17.4. The molecule has 1 unspecified atom stereocenters. The first kappa shape index (κ1) is 18.7. The Morgan fingerprint density at radius 1 is 1.33 bits per heavy atom. The Labute approximate surface area is 144 Å². The highest BCUT2D eigenvalue weighted by Gasteiger charge is 2.18. The van der Waals surface area contributed by atoms with Gasteiger partial charge >= 0.3 is 0 Å². The molecule has 1 amide bonds. The fourth-order valence-electron chi connectivity index (χ4n) is 2.91. The monoisotopic (exact) mass is 336 g/mol. The second-order valence-corrected chi connectivity index (χ2v) is 6.64. The molecule has 0 bridgehead atoms. The quantitative estimate of drug-likeness (QED) is 0.741. The Morgan fingerprint density at radius 2 is 2.00 bits per heavy atom. The van der Waals surface area contributed by atoms with E-state index in [9.17, 15) is 9.18 Å². The third-order valence-electron chi connectivity index (χ3n) is 4.58. The summed E-state index contributed by atoms with van der Waals surface area (Å²) < 4.78 is 18.6. The van der Waals surface area contributed by atoms with Gasteiger partial charge in [-0.2, -0.15) is 0 Å². The zero-order valence-corrected chi connectivity index (χ0v) is 14.8. The van der Waals surface area contributed by atoms with E-state index in [0.717, 1.165) is 18.9 Å². The molecular formula is C19H29FN2O2. The molecule has 0 saturated carbocycles. The first-order chi connectivity index (χ1) is 11.6. The number of hydrogen-bond acceptors (Lipinski definition) is 3. The summed E-state index contributed by atoms with van der Waals surface area (Å²) in [5, 5.41) is 2.95. The van der Waals surface area contributed by atoms with E-state index >= 15 is 0 Å². The third-order valence-corrected chi connectivity index (χ3v) is 4.58. The van der Waals surface area contributed by atoms with Crippen molar-refractivity contribution in [2.75, 3.05) is 26.2 Å². The smallest absolute Gasteiger partial charge is 0.261 e. The Balaban J connectivity index is 1.67. The standard InChI is InChI=1S/C19H29FN2O2/c1-3-18(24-17-7-5-16(20)6-8-17)19(23)21-11-4-12-22-13-9-15(2)10-14-22/h5-8,15,18H,3-4,9-14H2,1-2H3,(H,21,23). The number of carbonyl (C=O) groups is 1. The maximum Gasteiger partial charge on any atom is 0.261 e. The highest BCUT2D eigenvalue weighted by molar-refractivity contribution is 5.81. The maximum absolute atomic E-state index is 12.9. The van der Waals surface area contributed by atoms with E-state index in [2.05, 4.69) is 17.1 Å². The van der Waals surface area contributed by atoms with Crippen molar-refractivity contribution in [3.05, 3.63) is 30.1 Å². The largest absolute Gasteiger partial charge is 0.481 e. The maximum atomic E-state index is 12.9. The van der Waals surface area contributed by atoms with Crippen LogP contribution in [-0.2, 0) is 4.79 Å². The van der Waals surface area contributed by atoms with Crippen LogP contribution in [0, 0.1) is 11.7 Å². The fourth-order valence-corrected chi connectivity index (χ4v) is 2.91. The molecule has 1 aromatic rings. The highest BCUT2D eigenvalue weighted by atomic mass is 19.1. The minimum atomic E-state index is -0.536. The summed E-state index contributed by atoms with van der Waals surface area (Å²) in [5.74, 6) is 0.941. The summed E-state index contributed by atoms with van der Waals surface area (Å²) in [6.45, 7) is 8.24. The molecule has 1 saturated heterocycles. The number of likely N-dealkylation sites (tertiary alicyclic amines) is 1. The fraction of sp³-hybridized carbons (Fsp3) is 0.632. The van der Waals surface area contributed by atoms with Gasteiger partial charge in [-0.3, -0.25) is 4.79 Å². The van der Waals surface area contributed by atoms with Crippen LogP contribution in [0.15, 0.2) is 24.3 Å². The van der Waals surface area contributed by atoms with Gasteiger partial charge in [0.25, 0.3) is 5.91 Å². The summed E-state index contributed by atoms with van der Waals surface area (Å²) in [6.07, 6.45) is 3.54. The van der Waals surface area contributed by atoms with Crippen LogP contribution in [-0.4, -0.2) is 43.1 Å². The minimum absolute atomic E-state index is 0.103. The number of benzene rings is 1. The molecule has 0 spiro atoms. The number of rotatable bonds is 8. The Kier molecular flexibility index (Phi) is 7.50. The highest BCUT2D eigenvalue weighted by Crippen LogP contribution is 2.16. The first-order valence-corrected chi connectivity index (χ1v) is 9.00. The molecular weight excluding hydrogens is 307 g/mol. The number of amides is 1. The van der Waals surface area contributed by atoms with Gasteiger partial charge in [0, 0.05) is 6.54 Å². The van der Waals surface area contributed by atoms with Crippen LogP contribution in [0.1, 0.15) is 39.5 Å². The molecule has 0 radical (unpaired) electrons. The van der Waals surface area contributed by atoms with E-state index < -0.39 is 6.10 Å². The molecule has 24 heavy (non-hydrogen) atoms. The molecule has 1 heterocycles. The van der Waals surface area contributed by atoms with Gasteiger partial charge in [0.15, 0.2) is 6.10 Å². The van der Waals surface area contributed by atoms with E-state index in [-0.39, 0.29) is 11.7 Å². The Hall–Kier alpha value is -1.62. The van der Waals surface area contributed by atoms with Crippen molar-refractivity contribution in [2.45, 2.75) is 45.6 Å². The molecule has 4 nitrogen and oxygen atoms in total. The van der Waals surface area contributed by atoms with Gasteiger partial charge in [0.05, 0.1) is 0 Å². The summed E-state index contributed by atoms with van der Waals surface area (Å²) in [4.78, 5) is 14.7.